The molecule has 1 aliphatic rings. The number of para-hydroxylation sites is 1. The number of benzene rings is 3. The van der Waals surface area contributed by atoms with Gasteiger partial charge in [-0.15, -0.1) is 0 Å². The van der Waals surface area contributed by atoms with Gasteiger partial charge >= 0.3 is 0 Å². The van der Waals surface area contributed by atoms with Crippen LogP contribution in [0.5, 0.6) is 11.5 Å². The molecule has 3 aromatic rings. The van der Waals surface area contributed by atoms with Crippen molar-refractivity contribution in [3.05, 3.63) is 97.3 Å². The van der Waals surface area contributed by atoms with E-state index >= 15 is 0 Å². The average molecular weight is 598 g/mol. The first-order valence-electron chi connectivity index (χ1n) is 11.1. The maximum absolute atomic E-state index is 12.9. The van der Waals surface area contributed by atoms with Crippen LogP contribution in [-0.4, -0.2) is 40.5 Å². The van der Waals surface area contributed by atoms with Crippen molar-refractivity contribution in [1.29, 1.82) is 0 Å². The van der Waals surface area contributed by atoms with E-state index in [4.69, 9.17) is 9.47 Å². The molecule has 1 saturated heterocycles. The molecule has 4 rings (SSSR count). The number of methoxy groups -OCH3 is 1. The minimum Gasteiger partial charge on any atom is -0.493 e. The summed E-state index contributed by atoms with van der Waals surface area (Å²) in [6, 6.07) is 18.0. The predicted octanol–water partition coefficient (Wildman–Crippen LogP) is 5.62. The van der Waals surface area contributed by atoms with Crippen molar-refractivity contribution in [3.8, 4) is 11.5 Å². The Hall–Kier alpha value is -4.16. The number of nitrogens with one attached hydrogen (secondary N) is 1. The number of nitrogens with zero attached hydrogens (tertiary/aromatic N) is 2. The van der Waals surface area contributed by atoms with E-state index < -0.39 is 28.5 Å². The molecule has 0 aliphatic carbocycles. The summed E-state index contributed by atoms with van der Waals surface area (Å²) < 4.78 is 11.9. The number of hydrogen-bond acceptors (Lipinski definition) is 8. The van der Waals surface area contributed by atoms with Crippen molar-refractivity contribution < 1.29 is 28.8 Å². The zero-order valence-corrected chi connectivity index (χ0v) is 22.3. The van der Waals surface area contributed by atoms with E-state index in [1.165, 1.54) is 25.3 Å². The first-order chi connectivity index (χ1) is 18.2. The number of nitro benzene ring substituents is 1. The van der Waals surface area contributed by atoms with Gasteiger partial charge in [0.05, 0.1) is 16.9 Å². The van der Waals surface area contributed by atoms with Crippen LogP contribution in [0, 0.1) is 10.1 Å². The van der Waals surface area contributed by atoms with Crippen molar-refractivity contribution in [2.75, 3.05) is 19.0 Å². The van der Waals surface area contributed by atoms with Crippen molar-refractivity contribution >= 4 is 62.2 Å². The van der Waals surface area contributed by atoms with Crippen molar-refractivity contribution in [1.82, 2.24) is 4.90 Å². The molecule has 0 saturated carbocycles. The number of ether oxygens (including phenoxy) is 2. The van der Waals surface area contributed by atoms with Gasteiger partial charge in [-0.1, -0.05) is 34.1 Å². The number of thioether (sulfide) groups is 1. The van der Waals surface area contributed by atoms with Gasteiger partial charge in [-0.2, -0.15) is 0 Å². The van der Waals surface area contributed by atoms with Crippen LogP contribution in [0.3, 0.4) is 0 Å². The van der Waals surface area contributed by atoms with Crippen LogP contribution in [0.2, 0.25) is 0 Å². The highest BCUT2D eigenvalue weighted by Gasteiger charge is 2.36. The Morgan fingerprint density at radius 2 is 1.82 bits per heavy atom. The number of carbonyl (C=O) groups excluding carboxylic acids is 3. The highest BCUT2D eigenvalue weighted by atomic mass is 79.9. The van der Waals surface area contributed by atoms with Gasteiger partial charge < -0.3 is 14.8 Å². The van der Waals surface area contributed by atoms with E-state index in [0.29, 0.717) is 27.2 Å². The lowest BCUT2D eigenvalue weighted by atomic mass is 10.1. The summed E-state index contributed by atoms with van der Waals surface area (Å²) in [4.78, 5) is 49.1. The van der Waals surface area contributed by atoms with Crippen LogP contribution in [0.15, 0.2) is 76.1 Å². The molecule has 1 aliphatic heterocycles. The number of hydrogen-bond donors (Lipinski definition) is 1. The minimum absolute atomic E-state index is 0.0142. The van der Waals surface area contributed by atoms with Crippen LogP contribution >= 0.6 is 27.7 Å². The molecule has 0 spiro atoms. The SMILES string of the molecule is COc1cc(/C=C2\SC(=O)N(CC(=O)Nc3ccccc3)C2=O)c(Br)cc1OCc1ccc([N+](=O)[O-])cc1. The molecular weight excluding hydrogens is 578 g/mol. The third-order valence-corrected chi connectivity index (χ3v) is 6.94. The minimum atomic E-state index is -0.576. The summed E-state index contributed by atoms with van der Waals surface area (Å²) in [5, 5.41) is 12.9. The van der Waals surface area contributed by atoms with Gasteiger partial charge in [-0.25, -0.2) is 0 Å². The summed E-state index contributed by atoms with van der Waals surface area (Å²) in [6.07, 6.45) is 1.53. The summed E-state index contributed by atoms with van der Waals surface area (Å²) >= 11 is 4.20. The van der Waals surface area contributed by atoms with Gasteiger partial charge in [0.1, 0.15) is 13.2 Å². The number of rotatable bonds is 9. The Balaban J connectivity index is 1.46. The highest BCUT2D eigenvalue weighted by Crippen LogP contribution is 2.38. The van der Waals surface area contributed by atoms with Crippen LogP contribution in [-0.2, 0) is 16.2 Å². The van der Waals surface area contributed by atoms with Crippen LogP contribution < -0.4 is 14.8 Å². The first kappa shape index (κ1) is 26.9. The molecule has 0 unspecified atom stereocenters. The second-order valence-corrected chi connectivity index (χ2v) is 9.77. The maximum Gasteiger partial charge on any atom is 0.294 e. The lowest BCUT2D eigenvalue weighted by Gasteiger charge is -2.13. The maximum atomic E-state index is 12.9. The number of halogens is 1. The molecule has 194 valence electrons. The molecule has 3 amide bonds. The van der Waals surface area contributed by atoms with E-state index in [2.05, 4.69) is 21.2 Å². The lowest BCUT2D eigenvalue weighted by molar-refractivity contribution is -0.384. The van der Waals surface area contributed by atoms with Crippen LogP contribution in [0.25, 0.3) is 6.08 Å². The van der Waals surface area contributed by atoms with E-state index in [1.54, 1.807) is 48.5 Å². The summed E-state index contributed by atoms with van der Waals surface area (Å²) in [7, 11) is 1.46. The van der Waals surface area contributed by atoms with Gasteiger partial charge in [0.25, 0.3) is 16.8 Å². The van der Waals surface area contributed by atoms with Gasteiger partial charge in [0.2, 0.25) is 5.91 Å². The van der Waals surface area contributed by atoms with E-state index in [-0.39, 0.29) is 17.2 Å². The molecule has 38 heavy (non-hydrogen) atoms. The lowest BCUT2D eigenvalue weighted by Crippen LogP contribution is -2.36. The molecule has 0 atom stereocenters. The molecule has 0 aromatic heterocycles. The highest BCUT2D eigenvalue weighted by molar-refractivity contribution is 9.10. The molecule has 1 fully saturated rings. The number of nitro groups is 1. The second-order valence-electron chi connectivity index (χ2n) is 7.92. The third-order valence-electron chi connectivity index (χ3n) is 5.34. The van der Waals surface area contributed by atoms with E-state index in [1.807, 2.05) is 6.07 Å². The number of anilines is 1. The largest absolute Gasteiger partial charge is 0.493 e. The number of non-ortho nitro benzene ring substituents is 1. The summed E-state index contributed by atoms with van der Waals surface area (Å²) in [5.41, 5.74) is 1.83. The fraction of sp³-hybridized carbons (Fsp3) is 0.115. The van der Waals surface area contributed by atoms with Crippen LogP contribution in [0.1, 0.15) is 11.1 Å². The molecule has 3 aromatic carbocycles. The first-order valence-corrected chi connectivity index (χ1v) is 12.7. The molecule has 0 bridgehead atoms. The summed E-state index contributed by atoms with van der Waals surface area (Å²) in [5.74, 6) is -0.284. The van der Waals surface area contributed by atoms with Gasteiger partial charge in [0, 0.05) is 22.3 Å². The topological polar surface area (TPSA) is 128 Å². The molecule has 0 radical (unpaired) electrons. The fourth-order valence-electron chi connectivity index (χ4n) is 3.45. The monoisotopic (exact) mass is 597 g/mol. The van der Waals surface area contributed by atoms with Crippen LogP contribution in [0.4, 0.5) is 16.2 Å². The second kappa shape index (κ2) is 11.9. The quantitative estimate of drug-likeness (QED) is 0.191. The molecule has 12 heteroatoms. The summed E-state index contributed by atoms with van der Waals surface area (Å²) in [6.45, 7) is -0.263. The molecular formula is C26H20BrN3O7S. The molecule has 10 nitrogen and oxygen atoms in total. The fourth-order valence-corrected chi connectivity index (χ4v) is 4.72. The van der Waals surface area contributed by atoms with Gasteiger partial charge in [-0.05, 0) is 65.4 Å². The smallest absolute Gasteiger partial charge is 0.294 e. The zero-order chi connectivity index (χ0) is 27.2. The van der Waals surface area contributed by atoms with Crippen molar-refractivity contribution in [2.24, 2.45) is 0 Å². The third kappa shape index (κ3) is 6.39. The molecule has 1 heterocycles. The standard InChI is InChI=1S/C26H20BrN3O7S/c1-36-21-11-17(20(27)13-22(21)37-15-16-7-9-19(10-8-16)30(34)35)12-23-25(32)29(26(33)38-23)14-24(31)28-18-5-3-2-4-6-18/h2-13H,14-15H2,1H3,(H,28,31)/b23-12-. The molecule has 1 N–H and O–H groups in total. The van der Waals surface area contributed by atoms with Gasteiger partial charge in [-0.3, -0.25) is 29.4 Å². The Kier molecular flexibility index (Phi) is 8.44. The Morgan fingerprint density at radius 1 is 1.11 bits per heavy atom. The Labute approximate surface area is 229 Å². The average Bonchev–Trinajstić information content (AvgIpc) is 3.16. The normalized spacial score (nSPS) is 14.1. The number of carbonyl (C=O) groups is 3. The van der Waals surface area contributed by atoms with Crippen molar-refractivity contribution in [3.63, 3.8) is 0 Å². The Morgan fingerprint density at radius 3 is 2.47 bits per heavy atom. The van der Waals surface area contributed by atoms with Gasteiger partial charge in [0.15, 0.2) is 11.5 Å². The zero-order valence-electron chi connectivity index (χ0n) is 19.9. The predicted molar refractivity (Wildman–Crippen MR) is 146 cm³/mol. The van der Waals surface area contributed by atoms with Crippen molar-refractivity contribution in [2.45, 2.75) is 6.61 Å². The van der Waals surface area contributed by atoms with E-state index in [9.17, 15) is 24.5 Å². The number of imide groups is 1. The Bertz CT molecular complexity index is 1430. The van der Waals surface area contributed by atoms with E-state index in [0.717, 1.165) is 22.2 Å². The number of amides is 3.